The van der Waals surface area contributed by atoms with Crippen LogP contribution in [0, 0.1) is 6.92 Å². The van der Waals surface area contributed by atoms with Gasteiger partial charge in [-0.3, -0.25) is 14.4 Å². The van der Waals surface area contributed by atoms with E-state index >= 15 is 0 Å². The molecule has 1 heterocycles. The molecule has 232 valence electrons. The Kier molecular flexibility index (Phi) is 10.6. The van der Waals surface area contributed by atoms with E-state index in [0.29, 0.717) is 40.7 Å². The number of carbonyl (C=O) groups is 3. The van der Waals surface area contributed by atoms with Gasteiger partial charge >= 0.3 is 0 Å². The highest BCUT2D eigenvalue weighted by Gasteiger charge is 2.18. The van der Waals surface area contributed by atoms with Gasteiger partial charge in [0.1, 0.15) is 23.8 Å². The zero-order valence-electron chi connectivity index (χ0n) is 25.2. The summed E-state index contributed by atoms with van der Waals surface area (Å²) in [7, 11) is 0. The molecule has 0 spiro atoms. The van der Waals surface area contributed by atoms with E-state index in [4.69, 9.17) is 9.26 Å². The standard InChI is InChI=1S/C36H32N4O5S/c1-24-20-33(40-45-24)39-34(41)25(2)46-31-15-9-14-29(22-31)37-36(43)32(38-35(42)28-12-7-4-8-13-28)21-26-16-18-30(19-17-26)44-23-27-10-5-3-6-11-27/h3-22,25H,23H2,1-2H3,(H,37,43)(H,38,42)(H,39,40,41)/b32-21-. The number of benzene rings is 4. The van der Waals surface area contributed by atoms with E-state index < -0.39 is 17.1 Å². The van der Waals surface area contributed by atoms with E-state index in [1.54, 1.807) is 68.5 Å². The van der Waals surface area contributed by atoms with Crippen molar-refractivity contribution in [1.82, 2.24) is 10.5 Å². The van der Waals surface area contributed by atoms with Crippen LogP contribution >= 0.6 is 11.8 Å². The number of hydrogen-bond acceptors (Lipinski definition) is 7. The van der Waals surface area contributed by atoms with Crippen LogP contribution in [0.3, 0.4) is 0 Å². The average molecular weight is 633 g/mol. The Morgan fingerprint density at radius 2 is 1.59 bits per heavy atom. The predicted octanol–water partition coefficient (Wildman–Crippen LogP) is 7.09. The molecular formula is C36H32N4O5S. The molecule has 9 nitrogen and oxygen atoms in total. The molecular weight excluding hydrogens is 600 g/mol. The first-order valence-corrected chi connectivity index (χ1v) is 15.4. The Morgan fingerprint density at radius 1 is 0.870 bits per heavy atom. The topological polar surface area (TPSA) is 123 Å². The summed E-state index contributed by atoms with van der Waals surface area (Å²) < 4.78 is 10.9. The Labute approximate surface area is 271 Å². The van der Waals surface area contributed by atoms with Gasteiger partial charge < -0.3 is 25.2 Å². The Bertz CT molecular complexity index is 1820. The first-order valence-electron chi connectivity index (χ1n) is 14.5. The molecule has 0 aliphatic heterocycles. The molecule has 0 fully saturated rings. The second-order valence-electron chi connectivity index (χ2n) is 10.3. The fraction of sp³-hybridized carbons (Fsp3) is 0.111. The lowest BCUT2D eigenvalue weighted by Crippen LogP contribution is -2.30. The molecule has 10 heteroatoms. The molecule has 0 saturated heterocycles. The number of aromatic nitrogens is 1. The van der Waals surface area contributed by atoms with E-state index in [1.807, 2.05) is 66.7 Å². The third-order valence-corrected chi connectivity index (χ3v) is 7.72. The quantitative estimate of drug-likeness (QED) is 0.0991. The minimum Gasteiger partial charge on any atom is -0.489 e. The van der Waals surface area contributed by atoms with Gasteiger partial charge in [0, 0.05) is 22.2 Å². The molecule has 3 amide bonds. The van der Waals surface area contributed by atoms with Crippen LogP contribution in [0.25, 0.3) is 6.08 Å². The highest BCUT2D eigenvalue weighted by atomic mass is 32.2. The number of ether oxygens (including phenoxy) is 1. The van der Waals surface area contributed by atoms with Crippen LogP contribution in [-0.2, 0) is 16.2 Å². The minimum absolute atomic E-state index is 0.0560. The monoisotopic (exact) mass is 632 g/mol. The van der Waals surface area contributed by atoms with Crippen LogP contribution in [0.5, 0.6) is 5.75 Å². The van der Waals surface area contributed by atoms with Gasteiger partial charge in [0.15, 0.2) is 5.82 Å². The fourth-order valence-corrected chi connectivity index (χ4v) is 5.19. The van der Waals surface area contributed by atoms with Crippen molar-refractivity contribution < 1.29 is 23.6 Å². The molecule has 5 rings (SSSR count). The zero-order chi connectivity index (χ0) is 32.3. The molecule has 0 bridgehead atoms. The van der Waals surface area contributed by atoms with E-state index in [1.165, 1.54) is 11.8 Å². The van der Waals surface area contributed by atoms with E-state index in [9.17, 15) is 14.4 Å². The summed E-state index contributed by atoms with van der Waals surface area (Å²) >= 11 is 1.32. The predicted molar refractivity (Wildman–Crippen MR) is 179 cm³/mol. The minimum atomic E-state index is -0.511. The summed E-state index contributed by atoms with van der Waals surface area (Å²) in [6, 6.07) is 34.5. The summed E-state index contributed by atoms with van der Waals surface area (Å²) in [6.07, 6.45) is 1.60. The fourth-order valence-electron chi connectivity index (χ4n) is 4.27. The van der Waals surface area contributed by atoms with Gasteiger partial charge in [0.05, 0.1) is 5.25 Å². The third-order valence-electron chi connectivity index (χ3n) is 6.62. The van der Waals surface area contributed by atoms with Crippen molar-refractivity contribution in [3.63, 3.8) is 0 Å². The van der Waals surface area contributed by atoms with E-state index in [0.717, 1.165) is 10.5 Å². The van der Waals surface area contributed by atoms with Crippen molar-refractivity contribution in [2.24, 2.45) is 0 Å². The van der Waals surface area contributed by atoms with E-state index in [2.05, 4.69) is 21.1 Å². The number of nitrogens with one attached hydrogen (secondary N) is 3. The normalized spacial score (nSPS) is 11.7. The molecule has 1 aromatic heterocycles. The largest absolute Gasteiger partial charge is 0.489 e. The molecule has 5 aromatic rings. The third kappa shape index (κ3) is 9.20. The first kappa shape index (κ1) is 31.8. The van der Waals surface area contributed by atoms with Crippen LogP contribution in [0.1, 0.15) is 34.2 Å². The van der Waals surface area contributed by atoms with Gasteiger partial charge in [-0.15, -0.1) is 11.8 Å². The van der Waals surface area contributed by atoms with Crippen LogP contribution in [-0.4, -0.2) is 28.1 Å². The number of hydrogen-bond donors (Lipinski definition) is 3. The maximum atomic E-state index is 13.6. The first-order chi connectivity index (χ1) is 22.3. The number of carbonyl (C=O) groups excluding carboxylic acids is 3. The number of rotatable bonds is 12. The highest BCUT2D eigenvalue weighted by Crippen LogP contribution is 2.27. The molecule has 1 atom stereocenters. The molecule has 46 heavy (non-hydrogen) atoms. The summed E-state index contributed by atoms with van der Waals surface area (Å²) in [5.74, 6) is 0.450. The lowest BCUT2D eigenvalue weighted by Gasteiger charge is -2.14. The number of anilines is 2. The molecule has 0 aliphatic rings. The van der Waals surface area contributed by atoms with Crippen LogP contribution < -0.4 is 20.7 Å². The van der Waals surface area contributed by atoms with Crippen LogP contribution in [0.15, 0.2) is 130 Å². The lowest BCUT2D eigenvalue weighted by molar-refractivity contribution is -0.115. The Balaban J connectivity index is 1.28. The Hall–Kier alpha value is -5.61. The van der Waals surface area contributed by atoms with Gasteiger partial charge in [-0.2, -0.15) is 0 Å². The van der Waals surface area contributed by atoms with Crippen molar-refractivity contribution in [2.45, 2.75) is 30.6 Å². The molecule has 0 saturated carbocycles. The molecule has 4 aromatic carbocycles. The molecule has 1 unspecified atom stereocenters. The van der Waals surface area contributed by atoms with E-state index in [-0.39, 0.29) is 11.6 Å². The van der Waals surface area contributed by atoms with Gasteiger partial charge in [0.25, 0.3) is 11.8 Å². The van der Waals surface area contributed by atoms with Gasteiger partial charge in [-0.05, 0) is 73.5 Å². The zero-order valence-corrected chi connectivity index (χ0v) is 26.0. The maximum Gasteiger partial charge on any atom is 0.272 e. The van der Waals surface area contributed by atoms with Crippen molar-refractivity contribution in [3.05, 3.63) is 143 Å². The van der Waals surface area contributed by atoms with Gasteiger partial charge in [0.2, 0.25) is 5.91 Å². The summed E-state index contributed by atoms with van der Waals surface area (Å²) in [5.41, 5.74) is 2.71. The summed E-state index contributed by atoms with van der Waals surface area (Å²) in [6.45, 7) is 3.95. The second-order valence-corrected chi connectivity index (χ2v) is 11.7. The summed E-state index contributed by atoms with van der Waals surface area (Å²) in [5, 5.41) is 11.7. The highest BCUT2D eigenvalue weighted by molar-refractivity contribution is 8.00. The van der Waals surface area contributed by atoms with Crippen molar-refractivity contribution in [3.8, 4) is 5.75 Å². The SMILES string of the molecule is Cc1cc(NC(=O)C(C)Sc2cccc(NC(=O)/C(=C/c3ccc(OCc4ccccc4)cc3)NC(=O)c3ccccc3)c2)no1. The second kappa shape index (κ2) is 15.4. The van der Waals surface area contributed by atoms with Gasteiger partial charge in [-0.25, -0.2) is 0 Å². The number of nitrogens with zero attached hydrogens (tertiary/aromatic N) is 1. The Morgan fingerprint density at radius 3 is 2.28 bits per heavy atom. The molecule has 0 radical (unpaired) electrons. The summed E-state index contributed by atoms with van der Waals surface area (Å²) in [4.78, 5) is 40.0. The molecule has 3 N–H and O–H groups in total. The smallest absolute Gasteiger partial charge is 0.272 e. The van der Waals surface area contributed by atoms with Crippen molar-refractivity contribution >= 4 is 47.1 Å². The van der Waals surface area contributed by atoms with Gasteiger partial charge in [-0.1, -0.05) is 71.9 Å². The number of amides is 3. The maximum absolute atomic E-state index is 13.6. The van der Waals surface area contributed by atoms with Crippen LogP contribution in [0.4, 0.5) is 11.5 Å². The van der Waals surface area contributed by atoms with Crippen molar-refractivity contribution in [2.75, 3.05) is 10.6 Å². The number of thioether (sulfide) groups is 1. The lowest BCUT2D eigenvalue weighted by atomic mass is 10.1. The van der Waals surface area contributed by atoms with Crippen molar-refractivity contribution in [1.29, 1.82) is 0 Å². The molecule has 0 aliphatic carbocycles. The average Bonchev–Trinajstić information content (AvgIpc) is 3.49. The number of aryl methyl sites for hydroxylation is 1. The van der Waals surface area contributed by atoms with Crippen LogP contribution in [0.2, 0.25) is 0 Å².